The molecule has 0 N–H and O–H groups in total. The minimum atomic E-state index is 0. The normalized spacial score (nSPS) is 8.64. The number of hydrogen-bond donors (Lipinski definition) is 0. The predicted octanol–water partition coefficient (Wildman–Crippen LogP) is 7.87. The van der Waals surface area contributed by atoms with Crippen molar-refractivity contribution in [2.45, 2.75) is 118 Å². The molecule has 0 nitrogen and oxygen atoms in total. The zero-order valence-electron chi connectivity index (χ0n) is 18.0. The Kier molecular flexibility index (Phi) is 74.5. The average Bonchev–Trinajstić information content (AvgIpc) is 2.57. The molecular formula is C22H48S2Sn. The molecule has 0 saturated carbocycles. The summed E-state index contributed by atoms with van der Waals surface area (Å²) < 4.78 is 0. The summed E-state index contributed by atoms with van der Waals surface area (Å²) in [5.74, 6) is 1.90. The Morgan fingerprint density at radius 1 is 0.480 bits per heavy atom. The van der Waals surface area contributed by atoms with Crippen LogP contribution in [0.1, 0.15) is 118 Å². The fourth-order valence-corrected chi connectivity index (χ4v) is 2.17. The molecular weight excluding hydrogens is 447 g/mol. The Morgan fingerprint density at radius 2 is 0.680 bits per heavy atom. The van der Waals surface area contributed by atoms with E-state index in [9.17, 15) is 0 Å². The largest absolute Gasteiger partial charge is 2.00 e. The Balaban J connectivity index is -0.0000000788. The molecule has 152 valence electrons. The van der Waals surface area contributed by atoms with Crippen molar-refractivity contribution < 1.29 is 0 Å². The van der Waals surface area contributed by atoms with E-state index in [4.69, 9.17) is 25.3 Å². The van der Waals surface area contributed by atoms with Crippen LogP contribution in [0.3, 0.4) is 0 Å². The van der Waals surface area contributed by atoms with Crippen molar-refractivity contribution in [1.29, 1.82) is 0 Å². The third-order valence-electron chi connectivity index (χ3n) is 3.00. The summed E-state index contributed by atoms with van der Waals surface area (Å²) in [4.78, 5) is 0. The minimum Gasteiger partial charge on any atom is -0.793 e. The first-order chi connectivity index (χ1) is 11.7. The van der Waals surface area contributed by atoms with Crippen LogP contribution < -0.4 is 0 Å². The molecule has 0 aromatic heterocycles. The monoisotopic (exact) mass is 496 g/mol. The molecule has 4 radical (unpaired) electrons. The number of unbranched alkanes of at least 4 members (excludes halogenated alkanes) is 10. The molecule has 0 spiro atoms. The van der Waals surface area contributed by atoms with Gasteiger partial charge in [0.15, 0.2) is 0 Å². The summed E-state index contributed by atoms with van der Waals surface area (Å²) in [6, 6.07) is 0. The summed E-state index contributed by atoms with van der Waals surface area (Å²) in [5.41, 5.74) is 0. The van der Waals surface area contributed by atoms with E-state index < -0.39 is 0 Å². The van der Waals surface area contributed by atoms with Crippen molar-refractivity contribution in [1.82, 2.24) is 0 Å². The standard InChI is InChI=1S/2C8H18S.2C3H7.Sn/c2*1-2-3-4-5-6-7-8-9;2*1-3-2;/h2*9H,2-8H2,1H3;2*1,3H2,2H3;/q;;;;+2/p-2. The van der Waals surface area contributed by atoms with Gasteiger partial charge in [-0.05, 0) is 0 Å². The number of hydrogen-bond acceptors (Lipinski definition) is 2. The smallest absolute Gasteiger partial charge is 0.793 e. The summed E-state index contributed by atoms with van der Waals surface area (Å²) in [7, 11) is 0. The molecule has 0 fully saturated rings. The first-order valence-electron chi connectivity index (χ1n) is 10.4. The summed E-state index contributed by atoms with van der Waals surface area (Å²) in [5, 5.41) is 0. The van der Waals surface area contributed by atoms with E-state index in [0.717, 1.165) is 24.3 Å². The maximum atomic E-state index is 4.83. The van der Waals surface area contributed by atoms with E-state index >= 15 is 0 Å². The van der Waals surface area contributed by atoms with Gasteiger partial charge in [-0.2, -0.15) is 11.5 Å². The van der Waals surface area contributed by atoms with Gasteiger partial charge >= 0.3 is 23.9 Å². The summed E-state index contributed by atoms with van der Waals surface area (Å²) in [6.07, 6.45) is 18.3. The second kappa shape index (κ2) is 50.0. The maximum Gasteiger partial charge on any atom is 2.00 e. The van der Waals surface area contributed by atoms with Gasteiger partial charge in [0.05, 0.1) is 0 Å². The third kappa shape index (κ3) is 77.3. The molecule has 0 aromatic carbocycles. The maximum absolute atomic E-state index is 4.83. The summed E-state index contributed by atoms with van der Waals surface area (Å²) >= 11 is 9.66. The molecule has 3 heteroatoms. The van der Waals surface area contributed by atoms with Crippen LogP contribution in [0.4, 0.5) is 0 Å². The topological polar surface area (TPSA) is 0 Å². The summed E-state index contributed by atoms with van der Waals surface area (Å²) in [6.45, 7) is 15.5. The van der Waals surface area contributed by atoms with Crippen LogP contribution in [-0.4, -0.2) is 35.4 Å². The van der Waals surface area contributed by atoms with Crippen LogP contribution in [0.15, 0.2) is 0 Å². The van der Waals surface area contributed by atoms with Crippen molar-refractivity contribution in [2.75, 3.05) is 11.5 Å². The zero-order valence-corrected chi connectivity index (χ0v) is 22.5. The van der Waals surface area contributed by atoms with Crippen molar-refractivity contribution in [3.63, 3.8) is 0 Å². The number of rotatable bonds is 12. The van der Waals surface area contributed by atoms with E-state index in [0.29, 0.717) is 0 Å². The minimum absolute atomic E-state index is 0. The molecule has 0 aliphatic rings. The molecule has 0 saturated heterocycles. The fourth-order valence-electron chi connectivity index (χ4n) is 1.76. The molecule has 0 bridgehead atoms. The van der Waals surface area contributed by atoms with Gasteiger partial charge in [-0.3, -0.25) is 0 Å². The van der Waals surface area contributed by atoms with Crippen LogP contribution >= 0.6 is 0 Å². The third-order valence-corrected chi connectivity index (χ3v) is 3.57. The predicted molar refractivity (Wildman–Crippen MR) is 128 cm³/mol. The SMILES string of the molecule is CCCCCCCC[S-].CCCCCCCC[S-].[CH2]CC.[CH2]CC.[Sn+2]. The van der Waals surface area contributed by atoms with E-state index in [1.807, 2.05) is 13.8 Å². The molecule has 0 amide bonds. The van der Waals surface area contributed by atoms with Crippen LogP contribution in [0.2, 0.25) is 0 Å². The van der Waals surface area contributed by atoms with Crippen LogP contribution in [0, 0.1) is 13.8 Å². The van der Waals surface area contributed by atoms with Crippen LogP contribution in [-0.2, 0) is 25.3 Å². The molecule has 0 aliphatic heterocycles. The van der Waals surface area contributed by atoms with Gasteiger partial charge in [0.25, 0.3) is 0 Å². The van der Waals surface area contributed by atoms with Crippen molar-refractivity contribution in [3.8, 4) is 0 Å². The van der Waals surface area contributed by atoms with Gasteiger partial charge in [0, 0.05) is 0 Å². The van der Waals surface area contributed by atoms with E-state index in [1.165, 1.54) is 77.0 Å². The molecule has 0 rings (SSSR count). The molecule has 0 atom stereocenters. The van der Waals surface area contributed by atoms with Crippen LogP contribution in [0.5, 0.6) is 0 Å². The van der Waals surface area contributed by atoms with Crippen molar-refractivity contribution in [3.05, 3.63) is 13.8 Å². The first-order valence-corrected chi connectivity index (χ1v) is 11.6. The molecule has 0 aliphatic carbocycles. The van der Waals surface area contributed by atoms with E-state index in [2.05, 4.69) is 27.7 Å². The Labute approximate surface area is 191 Å². The van der Waals surface area contributed by atoms with Gasteiger partial charge in [-0.25, -0.2) is 0 Å². The van der Waals surface area contributed by atoms with Gasteiger partial charge in [-0.15, -0.1) is 0 Å². The van der Waals surface area contributed by atoms with E-state index in [-0.39, 0.29) is 23.9 Å². The average molecular weight is 495 g/mol. The Morgan fingerprint density at radius 3 is 0.880 bits per heavy atom. The molecule has 0 unspecified atom stereocenters. The first kappa shape index (κ1) is 37.3. The van der Waals surface area contributed by atoms with Gasteiger partial charge in [0.1, 0.15) is 0 Å². The van der Waals surface area contributed by atoms with Gasteiger partial charge < -0.3 is 25.3 Å². The Hall–Kier alpha value is 1.50. The van der Waals surface area contributed by atoms with Crippen molar-refractivity contribution in [2.24, 2.45) is 0 Å². The van der Waals surface area contributed by atoms with Crippen molar-refractivity contribution >= 4 is 49.2 Å². The second-order valence-electron chi connectivity index (χ2n) is 5.94. The van der Waals surface area contributed by atoms with Gasteiger partial charge in [0.2, 0.25) is 0 Å². The zero-order chi connectivity index (χ0) is 19.3. The second-order valence-corrected chi connectivity index (χ2v) is 6.76. The Bertz CT molecular complexity index is 116. The molecule has 0 aromatic rings. The fraction of sp³-hybridized carbons (Fsp3) is 0.909. The molecule has 0 heterocycles. The quantitative estimate of drug-likeness (QED) is 0.154. The van der Waals surface area contributed by atoms with Crippen LogP contribution in [0.25, 0.3) is 0 Å². The van der Waals surface area contributed by atoms with Gasteiger partial charge in [-0.1, -0.05) is 131 Å². The molecule has 25 heavy (non-hydrogen) atoms. The van der Waals surface area contributed by atoms with E-state index in [1.54, 1.807) is 0 Å².